The maximum atomic E-state index is 13.1. The van der Waals surface area contributed by atoms with E-state index in [2.05, 4.69) is 4.98 Å². The third-order valence-corrected chi connectivity index (χ3v) is 8.10. The van der Waals surface area contributed by atoms with Crippen LogP contribution in [0.25, 0.3) is 10.2 Å². The molecular formula is C23H19ClN4O4S2. The Labute approximate surface area is 205 Å². The number of para-hydroxylation sites is 1. The molecule has 1 spiro atoms. The molecule has 8 nitrogen and oxygen atoms in total. The molecule has 3 aromatic rings. The summed E-state index contributed by atoms with van der Waals surface area (Å²) in [6, 6.07) is 13.3. The summed E-state index contributed by atoms with van der Waals surface area (Å²) in [7, 11) is -4.44. The van der Waals surface area contributed by atoms with E-state index in [1.165, 1.54) is 34.4 Å². The molecule has 174 valence electrons. The number of benzene rings is 2. The number of hydrazone groups is 1. The average molecular weight is 515 g/mol. The highest BCUT2D eigenvalue weighted by atomic mass is 35.5. The number of nitrogens with zero attached hydrogens (tertiary/aromatic N) is 4. The van der Waals surface area contributed by atoms with Crippen molar-refractivity contribution in [2.24, 2.45) is 5.10 Å². The molecule has 1 aromatic heterocycles. The van der Waals surface area contributed by atoms with Crippen LogP contribution in [0.15, 0.2) is 82.8 Å². The zero-order valence-corrected chi connectivity index (χ0v) is 20.3. The van der Waals surface area contributed by atoms with Crippen LogP contribution in [-0.2, 0) is 14.9 Å². The zero-order valence-electron chi connectivity index (χ0n) is 17.9. The van der Waals surface area contributed by atoms with Gasteiger partial charge < -0.3 is 0 Å². The smallest absolute Gasteiger partial charge is 0.282 e. The molecule has 1 saturated heterocycles. The second-order valence-corrected chi connectivity index (χ2v) is 10.7. The number of β-lactam (4-membered cyclic amide) rings is 1. The van der Waals surface area contributed by atoms with Gasteiger partial charge in [-0.25, -0.2) is 9.99 Å². The van der Waals surface area contributed by atoms with E-state index in [1.807, 2.05) is 55.5 Å². The van der Waals surface area contributed by atoms with Crippen molar-refractivity contribution >= 4 is 65.7 Å². The Morgan fingerprint density at radius 2 is 2.00 bits per heavy atom. The largest absolute Gasteiger partial charge is 0.294 e. The van der Waals surface area contributed by atoms with Crippen LogP contribution in [-0.4, -0.2) is 40.6 Å². The number of carbonyl (C=O) groups excluding carboxylic acids is 1. The lowest BCUT2D eigenvalue weighted by atomic mass is 9.87. The monoisotopic (exact) mass is 514 g/mol. The van der Waals surface area contributed by atoms with E-state index < -0.39 is 21.2 Å². The number of rotatable bonds is 5. The summed E-state index contributed by atoms with van der Waals surface area (Å²) in [5, 5.41) is 5.78. The quantitative estimate of drug-likeness (QED) is 0.231. The number of hydrogen-bond acceptors (Lipinski definition) is 7. The Morgan fingerprint density at radius 1 is 1.21 bits per heavy atom. The Balaban J connectivity index is 1.65. The van der Waals surface area contributed by atoms with Crippen LogP contribution >= 0.6 is 22.9 Å². The Hall–Kier alpha value is -3.05. The number of anilines is 2. The van der Waals surface area contributed by atoms with Gasteiger partial charge >= 0.3 is 0 Å². The van der Waals surface area contributed by atoms with Gasteiger partial charge in [-0.15, -0.1) is 11.6 Å². The third kappa shape index (κ3) is 3.54. The fourth-order valence-corrected chi connectivity index (χ4v) is 6.08. The van der Waals surface area contributed by atoms with Crippen LogP contribution in [0.3, 0.4) is 0 Å². The first-order chi connectivity index (χ1) is 16.3. The van der Waals surface area contributed by atoms with Crippen molar-refractivity contribution < 1.29 is 17.8 Å². The highest BCUT2D eigenvalue weighted by Crippen LogP contribution is 2.51. The fourth-order valence-electron chi connectivity index (χ4n) is 4.15. The molecule has 0 aliphatic carbocycles. The number of hydrogen-bond donors (Lipinski definition) is 1. The first-order valence-electron chi connectivity index (χ1n) is 10.3. The van der Waals surface area contributed by atoms with Gasteiger partial charge in [0.2, 0.25) is 0 Å². The normalized spacial score (nSPS) is 23.0. The van der Waals surface area contributed by atoms with Crippen molar-refractivity contribution in [2.75, 3.05) is 9.91 Å². The number of halogens is 1. The summed E-state index contributed by atoms with van der Waals surface area (Å²) < 4.78 is 34.0. The summed E-state index contributed by atoms with van der Waals surface area (Å²) in [6.07, 6.45) is 7.67. The standard InChI is InChI=1S/C23H19ClN4O4S2/c1-2-3-4-8-15-14-23(28(26-15)16-9-7-10-17(13-16)34(30,31)32)20(24)21(29)27(23)22-25-18-11-5-6-12-19(18)33-22/h2-13,20H,14H2,1H3,(H,30,31,32)/b3-2+,8-4+/t20-,23+/m1/s1. The van der Waals surface area contributed by atoms with Gasteiger partial charge in [-0.05, 0) is 43.3 Å². The van der Waals surface area contributed by atoms with Crippen LogP contribution in [0.2, 0.25) is 0 Å². The van der Waals surface area contributed by atoms with Crippen LogP contribution in [0.4, 0.5) is 10.8 Å². The van der Waals surface area contributed by atoms with Gasteiger partial charge in [0.1, 0.15) is 0 Å². The van der Waals surface area contributed by atoms with Gasteiger partial charge in [-0.3, -0.25) is 14.2 Å². The number of thiazole rings is 1. The van der Waals surface area contributed by atoms with Crippen molar-refractivity contribution in [3.8, 4) is 0 Å². The van der Waals surface area contributed by atoms with Gasteiger partial charge in [-0.1, -0.05) is 47.8 Å². The lowest BCUT2D eigenvalue weighted by Crippen LogP contribution is -2.78. The predicted octanol–water partition coefficient (Wildman–Crippen LogP) is 4.59. The molecule has 0 radical (unpaired) electrons. The molecule has 2 aliphatic heterocycles. The number of alkyl halides is 1. The molecule has 1 N–H and O–H groups in total. The fraction of sp³-hybridized carbons (Fsp3) is 0.174. The molecule has 1 fully saturated rings. The maximum absolute atomic E-state index is 13.1. The summed E-state index contributed by atoms with van der Waals surface area (Å²) >= 11 is 8.04. The van der Waals surface area contributed by atoms with Crippen molar-refractivity contribution in [1.82, 2.24) is 4.98 Å². The van der Waals surface area contributed by atoms with Gasteiger partial charge in [0, 0.05) is 6.42 Å². The minimum absolute atomic E-state index is 0.281. The molecule has 34 heavy (non-hydrogen) atoms. The molecule has 5 rings (SSSR count). The highest BCUT2D eigenvalue weighted by molar-refractivity contribution is 7.85. The number of amides is 1. The van der Waals surface area contributed by atoms with E-state index >= 15 is 0 Å². The summed E-state index contributed by atoms with van der Waals surface area (Å²) in [5.74, 6) is -0.314. The van der Waals surface area contributed by atoms with Gasteiger partial charge in [-0.2, -0.15) is 13.5 Å². The molecule has 0 unspecified atom stereocenters. The number of fused-ring (bicyclic) bond motifs is 1. The highest BCUT2D eigenvalue weighted by Gasteiger charge is 2.67. The van der Waals surface area contributed by atoms with Crippen molar-refractivity contribution in [3.63, 3.8) is 0 Å². The number of allylic oxidation sites excluding steroid dienone is 4. The van der Waals surface area contributed by atoms with E-state index in [0.29, 0.717) is 23.0 Å². The van der Waals surface area contributed by atoms with E-state index in [1.54, 1.807) is 11.1 Å². The second kappa shape index (κ2) is 8.31. The molecule has 3 heterocycles. The lowest BCUT2D eigenvalue weighted by Gasteiger charge is -2.55. The molecule has 0 bridgehead atoms. The van der Waals surface area contributed by atoms with Crippen molar-refractivity contribution in [3.05, 3.63) is 72.8 Å². The maximum Gasteiger partial charge on any atom is 0.294 e. The Bertz CT molecular complexity index is 1460. The Morgan fingerprint density at radius 3 is 2.74 bits per heavy atom. The van der Waals surface area contributed by atoms with Crippen molar-refractivity contribution in [2.45, 2.75) is 29.3 Å². The third-order valence-electron chi connectivity index (χ3n) is 5.69. The van der Waals surface area contributed by atoms with Crippen LogP contribution in [0.5, 0.6) is 0 Å². The second-order valence-electron chi connectivity index (χ2n) is 7.82. The van der Waals surface area contributed by atoms with Crippen LogP contribution in [0.1, 0.15) is 13.3 Å². The predicted molar refractivity (Wildman–Crippen MR) is 134 cm³/mol. The van der Waals surface area contributed by atoms with Gasteiger partial charge in [0.15, 0.2) is 16.2 Å². The van der Waals surface area contributed by atoms with Crippen LogP contribution < -0.4 is 9.91 Å². The molecule has 2 aliphatic rings. The van der Waals surface area contributed by atoms with Gasteiger partial charge in [0.05, 0.1) is 26.5 Å². The first-order valence-corrected chi connectivity index (χ1v) is 13.0. The lowest BCUT2D eigenvalue weighted by molar-refractivity contribution is -0.126. The molecular weight excluding hydrogens is 496 g/mol. The van der Waals surface area contributed by atoms with Crippen LogP contribution in [0, 0.1) is 0 Å². The molecule has 0 saturated carbocycles. The zero-order chi connectivity index (χ0) is 24.1. The van der Waals surface area contributed by atoms with E-state index in [9.17, 15) is 17.8 Å². The van der Waals surface area contributed by atoms with E-state index in [-0.39, 0.29) is 10.8 Å². The molecule has 2 atom stereocenters. The summed E-state index contributed by atoms with van der Waals surface area (Å²) in [4.78, 5) is 19.0. The van der Waals surface area contributed by atoms with Crippen molar-refractivity contribution in [1.29, 1.82) is 0 Å². The summed E-state index contributed by atoms with van der Waals surface area (Å²) in [6.45, 7) is 1.89. The first kappa shape index (κ1) is 22.7. The topological polar surface area (TPSA) is 103 Å². The molecule has 1 amide bonds. The van der Waals surface area contributed by atoms with Gasteiger partial charge in [0.25, 0.3) is 16.0 Å². The Kier molecular flexibility index (Phi) is 5.56. The molecule has 11 heteroatoms. The number of carbonyl (C=O) groups is 1. The minimum atomic E-state index is -4.44. The average Bonchev–Trinajstić information content (AvgIpc) is 3.41. The SMILES string of the molecule is C/C=C/C=C/C1=NN(c2cccc(S(=O)(=O)O)c2)[C@@]2(C1)[C@H](Cl)C(=O)N2c1nc2ccccc2s1. The van der Waals surface area contributed by atoms with E-state index in [4.69, 9.17) is 16.7 Å². The van der Waals surface area contributed by atoms with E-state index in [0.717, 1.165) is 10.2 Å². The number of aromatic nitrogens is 1. The minimum Gasteiger partial charge on any atom is -0.282 e. The molecule has 2 aromatic carbocycles. The summed E-state index contributed by atoms with van der Waals surface area (Å²) in [5.41, 5.74) is 0.656.